The van der Waals surface area contributed by atoms with Gasteiger partial charge in [-0.25, -0.2) is 4.39 Å². The molecule has 13 heavy (non-hydrogen) atoms. The van der Waals surface area contributed by atoms with E-state index in [1.807, 2.05) is 0 Å². The lowest BCUT2D eigenvalue weighted by Gasteiger charge is -2.09. The number of aliphatic hydroxyl groups is 1. The highest BCUT2D eigenvalue weighted by Crippen LogP contribution is 2.22. The second-order valence-corrected chi connectivity index (χ2v) is 2.80. The largest absolute Gasteiger partial charge is 0.505 e. The van der Waals surface area contributed by atoms with Gasteiger partial charge in [-0.3, -0.25) is 0 Å². The van der Waals surface area contributed by atoms with Crippen molar-refractivity contribution < 1.29 is 14.6 Å². The van der Waals surface area contributed by atoms with E-state index in [-0.39, 0.29) is 0 Å². The summed E-state index contributed by atoms with van der Waals surface area (Å²) in [6.07, 6.45) is -0.385. The molecule has 0 amide bonds. The van der Waals surface area contributed by atoms with Gasteiger partial charge in [0.15, 0.2) is 11.6 Å². The van der Waals surface area contributed by atoms with E-state index in [1.54, 1.807) is 0 Å². The van der Waals surface area contributed by atoms with Crippen molar-refractivity contribution in [2.24, 2.45) is 5.73 Å². The Hall–Kier alpha value is -1.13. The molecule has 0 aliphatic heterocycles. The molecule has 0 heterocycles. The fourth-order valence-electron chi connectivity index (χ4n) is 1.05. The molecule has 0 fully saturated rings. The molecule has 4 N–H and O–H groups in total. The zero-order valence-electron chi connectivity index (χ0n) is 7.07. The molecule has 0 radical (unpaired) electrons. The lowest BCUT2D eigenvalue weighted by Crippen LogP contribution is -2.06. The van der Waals surface area contributed by atoms with Gasteiger partial charge < -0.3 is 15.9 Å². The lowest BCUT2D eigenvalue weighted by molar-refractivity contribution is 0.169. The second-order valence-electron chi connectivity index (χ2n) is 2.80. The van der Waals surface area contributed by atoms with E-state index in [9.17, 15) is 9.50 Å². The highest BCUT2D eigenvalue weighted by Gasteiger charge is 2.08. The Balaban J connectivity index is 2.84. The smallest absolute Gasteiger partial charge is 0.165 e. The third-order valence-corrected chi connectivity index (χ3v) is 1.80. The van der Waals surface area contributed by atoms with Crippen LogP contribution in [0.2, 0.25) is 0 Å². The number of rotatable bonds is 3. The first-order valence-corrected chi connectivity index (χ1v) is 4.01. The first kappa shape index (κ1) is 9.95. The van der Waals surface area contributed by atoms with Crippen molar-refractivity contribution >= 4 is 0 Å². The summed E-state index contributed by atoms with van der Waals surface area (Å²) < 4.78 is 12.8. The molecule has 1 unspecified atom stereocenters. The number of hydrogen-bond acceptors (Lipinski definition) is 3. The molecule has 0 spiro atoms. The Morgan fingerprint density at radius 2 is 2.15 bits per heavy atom. The fourth-order valence-corrected chi connectivity index (χ4v) is 1.05. The van der Waals surface area contributed by atoms with Crippen molar-refractivity contribution in [1.82, 2.24) is 0 Å². The average Bonchev–Trinajstić information content (AvgIpc) is 2.10. The number of hydrogen-bond donors (Lipinski definition) is 3. The van der Waals surface area contributed by atoms with Gasteiger partial charge in [-0.15, -0.1) is 0 Å². The standard InChI is InChI=1S/C9H12FNO2/c10-7-5-6(1-2-9(7)13)8(12)3-4-11/h1-2,5,8,12-13H,3-4,11H2. The molecule has 0 bridgehead atoms. The molecule has 1 rings (SSSR count). The summed E-state index contributed by atoms with van der Waals surface area (Å²) in [6.45, 7) is 0.337. The Morgan fingerprint density at radius 3 is 2.69 bits per heavy atom. The van der Waals surface area contributed by atoms with E-state index < -0.39 is 17.7 Å². The van der Waals surface area contributed by atoms with Crippen LogP contribution in [0.3, 0.4) is 0 Å². The minimum Gasteiger partial charge on any atom is -0.505 e. The lowest BCUT2D eigenvalue weighted by atomic mass is 10.1. The predicted molar refractivity (Wildman–Crippen MR) is 46.7 cm³/mol. The third-order valence-electron chi connectivity index (χ3n) is 1.80. The van der Waals surface area contributed by atoms with Gasteiger partial charge >= 0.3 is 0 Å². The molecular weight excluding hydrogens is 173 g/mol. The number of benzene rings is 1. The van der Waals surface area contributed by atoms with E-state index in [0.29, 0.717) is 18.5 Å². The van der Waals surface area contributed by atoms with E-state index in [1.165, 1.54) is 12.1 Å². The maximum absolute atomic E-state index is 12.8. The summed E-state index contributed by atoms with van der Waals surface area (Å²) in [7, 11) is 0. The molecule has 1 aromatic rings. The Morgan fingerprint density at radius 1 is 1.46 bits per heavy atom. The molecule has 0 saturated carbocycles. The Labute approximate surface area is 75.6 Å². The summed E-state index contributed by atoms with van der Waals surface area (Å²) >= 11 is 0. The summed E-state index contributed by atoms with van der Waals surface area (Å²) in [5, 5.41) is 18.3. The number of aliphatic hydroxyl groups excluding tert-OH is 1. The van der Waals surface area contributed by atoms with E-state index in [2.05, 4.69) is 0 Å². The Bertz CT molecular complexity index is 291. The highest BCUT2D eigenvalue weighted by atomic mass is 19.1. The van der Waals surface area contributed by atoms with Crippen molar-refractivity contribution in [3.05, 3.63) is 29.6 Å². The monoisotopic (exact) mass is 185 g/mol. The van der Waals surface area contributed by atoms with E-state index in [4.69, 9.17) is 10.8 Å². The van der Waals surface area contributed by atoms with Crippen LogP contribution in [0.25, 0.3) is 0 Å². The number of nitrogens with two attached hydrogens (primary N) is 1. The average molecular weight is 185 g/mol. The van der Waals surface area contributed by atoms with Crippen LogP contribution in [0, 0.1) is 5.82 Å². The van der Waals surface area contributed by atoms with Gasteiger partial charge in [0.05, 0.1) is 6.10 Å². The minimum absolute atomic E-state index is 0.337. The van der Waals surface area contributed by atoms with Gasteiger partial charge in [0.25, 0.3) is 0 Å². The molecule has 0 aromatic heterocycles. The molecule has 72 valence electrons. The molecule has 0 aliphatic rings. The first-order chi connectivity index (χ1) is 6.15. The maximum Gasteiger partial charge on any atom is 0.165 e. The zero-order chi connectivity index (χ0) is 9.84. The molecule has 1 aromatic carbocycles. The fraction of sp³-hybridized carbons (Fsp3) is 0.333. The predicted octanol–water partition coefficient (Wildman–Crippen LogP) is 0.914. The van der Waals surface area contributed by atoms with Crippen molar-refractivity contribution in [2.75, 3.05) is 6.54 Å². The van der Waals surface area contributed by atoms with Crippen LogP contribution in [0.5, 0.6) is 5.75 Å². The van der Waals surface area contributed by atoms with E-state index >= 15 is 0 Å². The molecular formula is C9H12FNO2. The number of aromatic hydroxyl groups is 1. The number of phenols is 1. The molecule has 0 saturated heterocycles. The van der Waals surface area contributed by atoms with Gasteiger partial charge in [0, 0.05) is 0 Å². The third kappa shape index (κ3) is 2.40. The van der Waals surface area contributed by atoms with Crippen molar-refractivity contribution in [3.8, 4) is 5.75 Å². The molecule has 4 heteroatoms. The minimum atomic E-state index is -0.764. The summed E-state index contributed by atoms with van der Waals surface area (Å²) in [6, 6.07) is 3.79. The van der Waals surface area contributed by atoms with Crippen molar-refractivity contribution in [2.45, 2.75) is 12.5 Å². The topological polar surface area (TPSA) is 66.5 Å². The van der Waals surface area contributed by atoms with Crippen LogP contribution in [-0.2, 0) is 0 Å². The van der Waals surface area contributed by atoms with Crippen molar-refractivity contribution in [3.63, 3.8) is 0 Å². The van der Waals surface area contributed by atoms with Crippen LogP contribution in [0.15, 0.2) is 18.2 Å². The van der Waals surface area contributed by atoms with Crippen LogP contribution < -0.4 is 5.73 Å². The summed E-state index contributed by atoms with van der Waals surface area (Å²) in [4.78, 5) is 0. The highest BCUT2D eigenvalue weighted by molar-refractivity contribution is 5.29. The maximum atomic E-state index is 12.8. The number of phenolic OH excluding ortho intramolecular Hbond substituents is 1. The number of halogens is 1. The zero-order valence-corrected chi connectivity index (χ0v) is 7.07. The van der Waals surface area contributed by atoms with Crippen LogP contribution >= 0.6 is 0 Å². The van der Waals surface area contributed by atoms with Gasteiger partial charge in [0.1, 0.15) is 0 Å². The second kappa shape index (κ2) is 4.20. The summed E-state index contributed by atoms with van der Waals surface area (Å²) in [5.74, 6) is -1.14. The SMILES string of the molecule is NCCC(O)c1ccc(O)c(F)c1. The Kier molecular flexibility index (Phi) is 3.22. The van der Waals surface area contributed by atoms with Crippen molar-refractivity contribution in [1.29, 1.82) is 0 Å². The molecule has 3 nitrogen and oxygen atoms in total. The summed E-state index contributed by atoms with van der Waals surface area (Å²) in [5.41, 5.74) is 5.66. The normalized spacial score (nSPS) is 12.8. The van der Waals surface area contributed by atoms with Crippen LogP contribution in [0.1, 0.15) is 18.1 Å². The van der Waals surface area contributed by atoms with Gasteiger partial charge in [-0.05, 0) is 30.7 Å². The molecule has 1 atom stereocenters. The van der Waals surface area contributed by atoms with E-state index in [0.717, 1.165) is 6.07 Å². The quantitative estimate of drug-likeness (QED) is 0.655. The van der Waals surface area contributed by atoms with Crippen LogP contribution in [-0.4, -0.2) is 16.8 Å². The first-order valence-electron chi connectivity index (χ1n) is 4.01. The van der Waals surface area contributed by atoms with Crippen LogP contribution in [0.4, 0.5) is 4.39 Å². The molecule has 0 aliphatic carbocycles. The van der Waals surface area contributed by atoms with Gasteiger partial charge in [-0.1, -0.05) is 6.07 Å². The van der Waals surface area contributed by atoms with Gasteiger partial charge in [-0.2, -0.15) is 0 Å². The van der Waals surface area contributed by atoms with Gasteiger partial charge in [0.2, 0.25) is 0 Å².